The lowest BCUT2D eigenvalue weighted by Gasteiger charge is -2.24. The van der Waals surface area contributed by atoms with Gasteiger partial charge in [-0.05, 0) is 31.2 Å². The Labute approximate surface area is 92.8 Å². The number of nitrogens with two attached hydrogens (primary N) is 1. The third kappa shape index (κ3) is 3.82. The average molecular weight is 212 g/mol. The molecule has 0 saturated heterocycles. The second-order valence-electron chi connectivity index (χ2n) is 5.21. The molecule has 1 aliphatic carbocycles. The first-order chi connectivity index (χ1) is 7.07. The molecule has 3 heteroatoms. The standard InChI is InChI=1S/C12H24N2O/c1-10(5-8-13)11(15)14-9-12(2)6-3-4-7-12/h10H,3-9,13H2,1-2H3,(H,14,15). The molecule has 1 fully saturated rings. The SMILES string of the molecule is CC(CCN)C(=O)NCC1(C)CCCC1. The van der Waals surface area contributed by atoms with Crippen LogP contribution in [0.3, 0.4) is 0 Å². The Morgan fingerprint density at radius 3 is 2.60 bits per heavy atom. The lowest BCUT2D eigenvalue weighted by atomic mass is 9.88. The molecule has 0 heterocycles. The summed E-state index contributed by atoms with van der Waals surface area (Å²) in [7, 11) is 0. The predicted molar refractivity (Wildman–Crippen MR) is 62.4 cm³/mol. The lowest BCUT2D eigenvalue weighted by Crippen LogP contribution is -2.37. The van der Waals surface area contributed by atoms with E-state index in [0.29, 0.717) is 12.0 Å². The highest BCUT2D eigenvalue weighted by Gasteiger charge is 2.29. The van der Waals surface area contributed by atoms with Crippen molar-refractivity contribution in [3.05, 3.63) is 0 Å². The molecule has 0 aliphatic heterocycles. The van der Waals surface area contributed by atoms with Crippen LogP contribution in [0.2, 0.25) is 0 Å². The highest BCUT2D eigenvalue weighted by molar-refractivity contribution is 5.78. The summed E-state index contributed by atoms with van der Waals surface area (Å²) in [5, 5.41) is 3.06. The zero-order chi connectivity index (χ0) is 11.3. The molecule has 3 N–H and O–H groups in total. The zero-order valence-corrected chi connectivity index (χ0v) is 10.0. The van der Waals surface area contributed by atoms with Crippen LogP contribution in [0.4, 0.5) is 0 Å². The van der Waals surface area contributed by atoms with Gasteiger partial charge in [-0.1, -0.05) is 26.7 Å². The van der Waals surface area contributed by atoms with Crippen molar-refractivity contribution < 1.29 is 4.79 Å². The van der Waals surface area contributed by atoms with Gasteiger partial charge in [0.25, 0.3) is 0 Å². The van der Waals surface area contributed by atoms with E-state index in [1.165, 1.54) is 25.7 Å². The summed E-state index contributed by atoms with van der Waals surface area (Å²) in [5.74, 6) is 0.216. The molecule has 0 bridgehead atoms. The Hall–Kier alpha value is -0.570. The van der Waals surface area contributed by atoms with E-state index in [4.69, 9.17) is 5.73 Å². The van der Waals surface area contributed by atoms with Gasteiger partial charge in [0.2, 0.25) is 5.91 Å². The monoisotopic (exact) mass is 212 g/mol. The van der Waals surface area contributed by atoms with Crippen LogP contribution >= 0.6 is 0 Å². The number of carbonyl (C=O) groups is 1. The molecular formula is C12H24N2O. The molecule has 3 nitrogen and oxygen atoms in total. The molecule has 1 rings (SSSR count). The van der Waals surface area contributed by atoms with Gasteiger partial charge < -0.3 is 11.1 Å². The number of amides is 1. The number of carbonyl (C=O) groups excluding carboxylic acids is 1. The third-order valence-corrected chi connectivity index (χ3v) is 3.55. The van der Waals surface area contributed by atoms with Crippen LogP contribution in [0, 0.1) is 11.3 Å². The van der Waals surface area contributed by atoms with Gasteiger partial charge in [-0.2, -0.15) is 0 Å². The van der Waals surface area contributed by atoms with E-state index < -0.39 is 0 Å². The van der Waals surface area contributed by atoms with Crippen LogP contribution in [0.25, 0.3) is 0 Å². The topological polar surface area (TPSA) is 55.1 Å². The summed E-state index contributed by atoms with van der Waals surface area (Å²) in [4.78, 5) is 11.7. The summed E-state index contributed by atoms with van der Waals surface area (Å²) < 4.78 is 0. The molecule has 0 radical (unpaired) electrons. The van der Waals surface area contributed by atoms with E-state index in [2.05, 4.69) is 12.2 Å². The molecule has 1 unspecified atom stereocenters. The Bertz CT molecular complexity index is 210. The van der Waals surface area contributed by atoms with Crippen LogP contribution in [0.1, 0.15) is 46.0 Å². The minimum absolute atomic E-state index is 0.0556. The summed E-state index contributed by atoms with van der Waals surface area (Å²) in [6, 6.07) is 0. The smallest absolute Gasteiger partial charge is 0.222 e. The van der Waals surface area contributed by atoms with Crippen molar-refractivity contribution in [3.63, 3.8) is 0 Å². The fourth-order valence-electron chi connectivity index (χ4n) is 2.26. The molecule has 88 valence electrons. The predicted octanol–water partition coefficient (Wildman–Crippen LogP) is 1.67. The molecule has 0 aromatic carbocycles. The molecule has 0 spiro atoms. The maximum absolute atomic E-state index is 11.7. The van der Waals surface area contributed by atoms with E-state index in [9.17, 15) is 4.79 Å². The number of hydrogen-bond acceptors (Lipinski definition) is 2. The molecule has 15 heavy (non-hydrogen) atoms. The summed E-state index contributed by atoms with van der Waals surface area (Å²) in [6.07, 6.45) is 5.90. The third-order valence-electron chi connectivity index (χ3n) is 3.55. The van der Waals surface area contributed by atoms with Gasteiger partial charge in [-0.3, -0.25) is 4.79 Å². The fraction of sp³-hybridized carbons (Fsp3) is 0.917. The van der Waals surface area contributed by atoms with Crippen molar-refractivity contribution in [1.82, 2.24) is 5.32 Å². The van der Waals surface area contributed by atoms with Crippen LogP contribution in [0.5, 0.6) is 0 Å². The number of hydrogen-bond donors (Lipinski definition) is 2. The first kappa shape index (κ1) is 12.5. The molecule has 0 aromatic heterocycles. The van der Waals surface area contributed by atoms with Gasteiger partial charge in [0.1, 0.15) is 0 Å². The zero-order valence-electron chi connectivity index (χ0n) is 10.0. The largest absolute Gasteiger partial charge is 0.355 e. The van der Waals surface area contributed by atoms with Crippen molar-refractivity contribution in [1.29, 1.82) is 0 Å². The van der Waals surface area contributed by atoms with Crippen molar-refractivity contribution in [2.45, 2.75) is 46.0 Å². The van der Waals surface area contributed by atoms with Gasteiger partial charge in [-0.15, -0.1) is 0 Å². The van der Waals surface area contributed by atoms with Crippen LogP contribution in [-0.4, -0.2) is 19.0 Å². The first-order valence-corrected chi connectivity index (χ1v) is 6.05. The van der Waals surface area contributed by atoms with Gasteiger partial charge in [0.15, 0.2) is 0 Å². The van der Waals surface area contributed by atoms with Crippen molar-refractivity contribution in [2.24, 2.45) is 17.1 Å². The minimum atomic E-state index is 0.0556. The average Bonchev–Trinajstić information content (AvgIpc) is 2.63. The molecule has 1 saturated carbocycles. The van der Waals surface area contributed by atoms with Crippen LogP contribution in [0.15, 0.2) is 0 Å². The minimum Gasteiger partial charge on any atom is -0.355 e. The maximum atomic E-state index is 11.7. The highest BCUT2D eigenvalue weighted by Crippen LogP contribution is 2.36. The van der Waals surface area contributed by atoms with Gasteiger partial charge in [-0.25, -0.2) is 0 Å². The highest BCUT2D eigenvalue weighted by atomic mass is 16.1. The van der Waals surface area contributed by atoms with Gasteiger partial charge in [0.05, 0.1) is 0 Å². The molecular weight excluding hydrogens is 188 g/mol. The van der Waals surface area contributed by atoms with Crippen molar-refractivity contribution in [3.8, 4) is 0 Å². The number of nitrogens with one attached hydrogen (secondary N) is 1. The molecule has 1 amide bonds. The van der Waals surface area contributed by atoms with E-state index in [1.54, 1.807) is 0 Å². The molecule has 1 atom stereocenters. The van der Waals surface area contributed by atoms with Gasteiger partial charge in [0, 0.05) is 12.5 Å². The fourth-order valence-corrected chi connectivity index (χ4v) is 2.26. The van der Waals surface area contributed by atoms with E-state index in [0.717, 1.165) is 13.0 Å². The summed E-state index contributed by atoms with van der Waals surface area (Å²) >= 11 is 0. The number of rotatable bonds is 5. The second kappa shape index (κ2) is 5.50. The van der Waals surface area contributed by atoms with Crippen molar-refractivity contribution >= 4 is 5.91 Å². The Morgan fingerprint density at radius 2 is 2.07 bits per heavy atom. The van der Waals surface area contributed by atoms with E-state index >= 15 is 0 Å². The molecule has 0 aromatic rings. The summed E-state index contributed by atoms with van der Waals surface area (Å²) in [6.45, 7) is 5.64. The maximum Gasteiger partial charge on any atom is 0.222 e. The summed E-state index contributed by atoms with van der Waals surface area (Å²) in [5.41, 5.74) is 5.78. The quantitative estimate of drug-likeness (QED) is 0.728. The van der Waals surface area contributed by atoms with E-state index in [-0.39, 0.29) is 11.8 Å². The van der Waals surface area contributed by atoms with E-state index in [1.807, 2.05) is 6.92 Å². The Morgan fingerprint density at radius 1 is 1.47 bits per heavy atom. The van der Waals surface area contributed by atoms with Crippen LogP contribution in [-0.2, 0) is 4.79 Å². The molecule has 1 aliphatic rings. The van der Waals surface area contributed by atoms with Gasteiger partial charge >= 0.3 is 0 Å². The normalized spacial score (nSPS) is 21.3. The van der Waals surface area contributed by atoms with Crippen molar-refractivity contribution in [2.75, 3.05) is 13.1 Å². The lowest BCUT2D eigenvalue weighted by molar-refractivity contribution is -0.125. The van der Waals surface area contributed by atoms with Crippen LogP contribution < -0.4 is 11.1 Å². The first-order valence-electron chi connectivity index (χ1n) is 6.05. The Kier molecular flexibility index (Phi) is 4.58. The second-order valence-corrected chi connectivity index (χ2v) is 5.21. The Balaban J connectivity index is 2.26.